The molecule has 1 aromatic carbocycles. The molecule has 0 radical (unpaired) electrons. The lowest BCUT2D eigenvalue weighted by molar-refractivity contribution is -0.129. The molecular formula is C19H22N2O2. The second-order valence-electron chi connectivity index (χ2n) is 5.83. The van der Waals surface area contributed by atoms with Crippen LogP contribution in [0.1, 0.15) is 12.0 Å². The SMILES string of the molecule is C=CCN1CCN(Cc2cccc(-c3ccco3)c2)CCC1=O. The van der Waals surface area contributed by atoms with E-state index in [9.17, 15) is 4.79 Å². The highest BCUT2D eigenvalue weighted by molar-refractivity contribution is 5.76. The van der Waals surface area contributed by atoms with Crippen LogP contribution in [0.4, 0.5) is 0 Å². The van der Waals surface area contributed by atoms with E-state index in [0.29, 0.717) is 13.0 Å². The molecule has 4 nitrogen and oxygen atoms in total. The summed E-state index contributed by atoms with van der Waals surface area (Å²) in [4.78, 5) is 16.3. The van der Waals surface area contributed by atoms with Gasteiger partial charge in [-0.2, -0.15) is 0 Å². The third-order valence-electron chi connectivity index (χ3n) is 4.17. The first-order valence-corrected chi connectivity index (χ1v) is 8.00. The monoisotopic (exact) mass is 310 g/mol. The third kappa shape index (κ3) is 3.90. The van der Waals surface area contributed by atoms with E-state index >= 15 is 0 Å². The Morgan fingerprint density at radius 2 is 2.09 bits per heavy atom. The Labute approximate surface area is 137 Å². The van der Waals surface area contributed by atoms with E-state index < -0.39 is 0 Å². The first-order chi connectivity index (χ1) is 11.3. The van der Waals surface area contributed by atoms with Gasteiger partial charge >= 0.3 is 0 Å². The lowest BCUT2D eigenvalue weighted by atomic mass is 10.1. The van der Waals surface area contributed by atoms with Gasteiger partial charge in [0.05, 0.1) is 6.26 Å². The van der Waals surface area contributed by atoms with Gasteiger partial charge in [-0.15, -0.1) is 6.58 Å². The molecule has 3 rings (SSSR count). The lowest BCUT2D eigenvalue weighted by Gasteiger charge is -2.21. The predicted molar refractivity (Wildman–Crippen MR) is 90.8 cm³/mol. The van der Waals surface area contributed by atoms with E-state index in [1.54, 1.807) is 12.3 Å². The number of hydrogen-bond acceptors (Lipinski definition) is 3. The standard InChI is InChI=1S/C19H22N2O2/c1-2-9-21-12-11-20(10-8-19(21)22)15-16-5-3-6-17(14-16)18-7-4-13-23-18/h2-7,13-14H,1,8-12,15H2. The predicted octanol–water partition coefficient (Wildman–Crippen LogP) is 3.17. The molecular weight excluding hydrogens is 288 g/mol. The second-order valence-corrected chi connectivity index (χ2v) is 5.83. The summed E-state index contributed by atoms with van der Waals surface area (Å²) < 4.78 is 5.47. The van der Waals surface area contributed by atoms with Crippen molar-refractivity contribution in [2.24, 2.45) is 0 Å². The van der Waals surface area contributed by atoms with Gasteiger partial charge in [-0.25, -0.2) is 0 Å². The maximum absolute atomic E-state index is 12.1. The Hall–Kier alpha value is -2.33. The van der Waals surface area contributed by atoms with Crippen LogP contribution in [0, 0.1) is 0 Å². The van der Waals surface area contributed by atoms with E-state index in [0.717, 1.165) is 37.5 Å². The largest absolute Gasteiger partial charge is 0.464 e. The molecule has 120 valence electrons. The number of hydrogen-bond donors (Lipinski definition) is 0. The van der Waals surface area contributed by atoms with Gasteiger partial charge in [-0.1, -0.05) is 24.3 Å². The van der Waals surface area contributed by atoms with Crippen molar-refractivity contribution in [3.8, 4) is 11.3 Å². The van der Waals surface area contributed by atoms with Crippen LogP contribution in [-0.4, -0.2) is 41.9 Å². The van der Waals surface area contributed by atoms with Crippen LogP contribution in [0.3, 0.4) is 0 Å². The number of nitrogens with zero attached hydrogens (tertiary/aromatic N) is 2. The molecule has 1 amide bonds. The van der Waals surface area contributed by atoms with Gasteiger partial charge in [0.15, 0.2) is 0 Å². The first kappa shape index (κ1) is 15.6. The molecule has 0 spiro atoms. The fourth-order valence-corrected chi connectivity index (χ4v) is 2.94. The maximum atomic E-state index is 12.1. The highest BCUT2D eigenvalue weighted by Gasteiger charge is 2.19. The van der Waals surface area contributed by atoms with E-state index in [1.807, 2.05) is 17.0 Å². The van der Waals surface area contributed by atoms with Crippen molar-refractivity contribution >= 4 is 5.91 Å². The van der Waals surface area contributed by atoms with Crippen molar-refractivity contribution in [1.82, 2.24) is 9.80 Å². The first-order valence-electron chi connectivity index (χ1n) is 8.00. The molecule has 2 heterocycles. The number of benzene rings is 1. The molecule has 0 aliphatic carbocycles. The Balaban J connectivity index is 1.66. The summed E-state index contributed by atoms with van der Waals surface area (Å²) in [6.45, 7) is 7.68. The minimum atomic E-state index is 0.219. The Kier molecular flexibility index (Phi) is 4.93. The summed E-state index contributed by atoms with van der Waals surface area (Å²) in [6, 6.07) is 12.3. The second kappa shape index (κ2) is 7.29. The van der Waals surface area contributed by atoms with Crippen LogP contribution in [0.15, 0.2) is 59.7 Å². The Morgan fingerprint density at radius 1 is 1.17 bits per heavy atom. The van der Waals surface area contributed by atoms with Crippen LogP contribution >= 0.6 is 0 Å². The number of amides is 1. The molecule has 1 fully saturated rings. The van der Waals surface area contributed by atoms with Crippen molar-refractivity contribution in [2.45, 2.75) is 13.0 Å². The molecule has 4 heteroatoms. The minimum absolute atomic E-state index is 0.219. The van der Waals surface area contributed by atoms with E-state index in [2.05, 4.69) is 35.7 Å². The van der Waals surface area contributed by atoms with Crippen LogP contribution in [-0.2, 0) is 11.3 Å². The molecule has 23 heavy (non-hydrogen) atoms. The number of rotatable bonds is 5. The smallest absolute Gasteiger partial charge is 0.224 e. The lowest BCUT2D eigenvalue weighted by Crippen LogP contribution is -2.33. The van der Waals surface area contributed by atoms with Gasteiger partial charge in [0.2, 0.25) is 5.91 Å². The molecule has 1 aliphatic rings. The molecule has 1 aromatic heterocycles. The van der Waals surface area contributed by atoms with E-state index in [4.69, 9.17) is 4.42 Å². The van der Waals surface area contributed by atoms with Crippen molar-refractivity contribution in [3.05, 3.63) is 60.9 Å². The highest BCUT2D eigenvalue weighted by Crippen LogP contribution is 2.21. The number of carbonyl (C=O) groups excluding carboxylic acids is 1. The average molecular weight is 310 g/mol. The molecule has 0 bridgehead atoms. The summed E-state index contributed by atoms with van der Waals surface area (Å²) in [7, 11) is 0. The van der Waals surface area contributed by atoms with Crippen molar-refractivity contribution in [1.29, 1.82) is 0 Å². The topological polar surface area (TPSA) is 36.7 Å². The molecule has 2 aromatic rings. The van der Waals surface area contributed by atoms with Crippen molar-refractivity contribution in [2.75, 3.05) is 26.2 Å². The average Bonchev–Trinajstić information content (AvgIpc) is 3.05. The zero-order valence-electron chi connectivity index (χ0n) is 13.3. The fourth-order valence-electron chi connectivity index (χ4n) is 2.94. The van der Waals surface area contributed by atoms with E-state index in [1.165, 1.54) is 5.56 Å². The Morgan fingerprint density at radius 3 is 2.87 bits per heavy atom. The summed E-state index contributed by atoms with van der Waals surface area (Å²) >= 11 is 0. The van der Waals surface area contributed by atoms with Crippen LogP contribution in [0.2, 0.25) is 0 Å². The van der Waals surface area contributed by atoms with Gasteiger partial charge in [0, 0.05) is 44.7 Å². The van der Waals surface area contributed by atoms with Gasteiger partial charge in [-0.05, 0) is 23.8 Å². The Bertz CT molecular complexity index is 664. The summed E-state index contributed by atoms with van der Waals surface area (Å²) in [5, 5.41) is 0. The third-order valence-corrected chi connectivity index (χ3v) is 4.17. The fraction of sp³-hybridized carbons (Fsp3) is 0.316. The molecule has 0 atom stereocenters. The summed E-state index contributed by atoms with van der Waals surface area (Å²) in [6.07, 6.45) is 4.06. The highest BCUT2D eigenvalue weighted by atomic mass is 16.3. The summed E-state index contributed by atoms with van der Waals surface area (Å²) in [5.74, 6) is 1.10. The van der Waals surface area contributed by atoms with Gasteiger partial charge < -0.3 is 9.32 Å². The minimum Gasteiger partial charge on any atom is -0.464 e. The van der Waals surface area contributed by atoms with Crippen molar-refractivity contribution in [3.63, 3.8) is 0 Å². The van der Waals surface area contributed by atoms with E-state index in [-0.39, 0.29) is 5.91 Å². The molecule has 0 saturated carbocycles. The van der Waals surface area contributed by atoms with Gasteiger partial charge in [0.1, 0.15) is 5.76 Å². The summed E-state index contributed by atoms with van der Waals surface area (Å²) in [5.41, 5.74) is 2.33. The maximum Gasteiger partial charge on any atom is 0.224 e. The molecule has 0 unspecified atom stereocenters. The van der Waals surface area contributed by atoms with Gasteiger partial charge in [0.25, 0.3) is 0 Å². The normalized spacial score (nSPS) is 16.3. The zero-order valence-corrected chi connectivity index (χ0v) is 13.3. The van der Waals surface area contributed by atoms with Crippen molar-refractivity contribution < 1.29 is 9.21 Å². The number of furan rings is 1. The molecule has 0 N–H and O–H groups in total. The molecule has 1 aliphatic heterocycles. The van der Waals surface area contributed by atoms with Crippen LogP contribution < -0.4 is 0 Å². The molecule has 1 saturated heterocycles. The zero-order chi connectivity index (χ0) is 16.1. The van der Waals surface area contributed by atoms with Gasteiger partial charge in [-0.3, -0.25) is 9.69 Å². The van der Waals surface area contributed by atoms with Crippen LogP contribution in [0.25, 0.3) is 11.3 Å². The quantitative estimate of drug-likeness (QED) is 0.796. The number of carbonyl (C=O) groups is 1. The van der Waals surface area contributed by atoms with Crippen LogP contribution in [0.5, 0.6) is 0 Å².